The maximum atomic E-state index is 12.2. The van der Waals surface area contributed by atoms with Crippen molar-refractivity contribution in [2.45, 2.75) is 38.1 Å². The van der Waals surface area contributed by atoms with E-state index >= 15 is 0 Å². The maximum Gasteiger partial charge on any atom is 0.245 e. The van der Waals surface area contributed by atoms with E-state index in [0.29, 0.717) is 32.4 Å². The van der Waals surface area contributed by atoms with Crippen LogP contribution in [0.5, 0.6) is 0 Å². The molecule has 3 fully saturated rings. The van der Waals surface area contributed by atoms with Crippen molar-refractivity contribution in [3.8, 4) is 0 Å². The minimum Gasteiger partial charge on any atom is -0.356 e. The smallest absolute Gasteiger partial charge is 0.245 e. The summed E-state index contributed by atoms with van der Waals surface area (Å²) in [6.07, 6.45) is 3.40. The molecule has 0 radical (unpaired) electrons. The number of hydrogen-bond donors (Lipinski definition) is 2. The monoisotopic (exact) mass is 265 g/mol. The fraction of sp³-hybridized carbons (Fsp3) is 0.769. The molecule has 3 saturated heterocycles. The number of piperidine rings is 1. The average Bonchev–Trinajstić information content (AvgIpc) is 2.97. The third kappa shape index (κ3) is 2.31. The molecule has 0 aliphatic carbocycles. The molecule has 6 nitrogen and oxygen atoms in total. The summed E-state index contributed by atoms with van der Waals surface area (Å²) in [5.41, 5.74) is 0.0623. The van der Waals surface area contributed by atoms with E-state index < -0.39 is 0 Å². The standard InChI is InChI=1S/C13H19N3O3/c17-10-2-1-9(15-10)12(19)16-5-3-13(4-6-16)7-11(18)14-8-13/h9H,1-8H2,(H,14,18)(H,15,17)/t9-/m0/s1. The van der Waals surface area contributed by atoms with E-state index in [2.05, 4.69) is 10.6 Å². The first kappa shape index (κ1) is 12.4. The molecule has 3 aliphatic rings. The number of carbonyl (C=O) groups is 3. The summed E-state index contributed by atoms with van der Waals surface area (Å²) >= 11 is 0. The second kappa shape index (κ2) is 4.51. The summed E-state index contributed by atoms with van der Waals surface area (Å²) in [6, 6.07) is -0.329. The third-order valence-corrected chi connectivity index (χ3v) is 4.63. The maximum absolute atomic E-state index is 12.2. The fourth-order valence-electron chi connectivity index (χ4n) is 3.33. The second-order valence-corrected chi connectivity index (χ2v) is 5.94. The van der Waals surface area contributed by atoms with Crippen molar-refractivity contribution in [2.75, 3.05) is 19.6 Å². The molecule has 2 N–H and O–H groups in total. The minimum atomic E-state index is -0.329. The molecule has 3 amide bonds. The van der Waals surface area contributed by atoms with Crippen LogP contribution in [0.15, 0.2) is 0 Å². The van der Waals surface area contributed by atoms with Gasteiger partial charge in [-0.25, -0.2) is 0 Å². The van der Waals surface area contributed by atoms with Crippen molar-refractivity contribution < 1.29 is 14.4 Å². The van der Waals surface area contributed by atoms with Crippen molar-refractivity contribution in [1.29, 1.82) is 0 Å². The van der Waals surface area contributed by atoms with Crippen LogP contribution in [0.2, 0.25) is 0 Å². The number of carbonyl (C=O) groups excluding carboxylic acids is 3. The predicted molar refractivity (Wildman–Crippen MR) is 67.0 cm³/mol. The van der Waals surface area contributed by atoms with Gasteiger partial charge in [-0.05, 0) is 24.7 Å². The predicted octanol–water partition coefficient (Wildman–Crippen LogP) is -0.606. The van der Waals surface area contributed by atoms with Crippen molar-refractivity contribution >= 4 is 17.7 Å². The molecule has 0 aromatic rings. The van der Waals surface area contributed by atoms with Crippen molar-refractivity contribution in [1.82, 2.24) is 15.5 Å². The second-order valence-electron chi connectivity index (χ2n) is 5.94. The zero-order valence-electron chi connectivity index (χ0n) is 10.9. The molecule has 1 spiro atoms. The Morgan fingerprint density at radius 2 is 1.95 bits per heavy atom. The molecule has 3 heterocycles. The van der Waals surface area contributed by atoms with Gasteiger partial charge in [-0.1, -0.05) is 0 Å². The highest BCUT2D eigenvalue weighted by Crippen LogP contribution is 2.37. The molecule has 3 aliphatic heterocycles. The molecule has 3 rings (SSSR count). The lowest BCUT2D eigenvalue weighted by Gasteiger charge is -2.39. The van der Waals surface area contributed by atoms with Crippen LogP contribution in [0.25, 0.3) is 0 Å². The summed E-state index contributed by atoms with van der Waals surface area (Å²) in [5, 5.41) is 5.61. The van der Waals surface area contributed by atoms with Crippen LogP contribution in [-0.4, -0.2) is 48.3 Å². The van der Waals surface area contributed by atoms with Crippen LogP contribution in [-0.2, 0) is 14.4 Å². The van der Waals surface area contributed by atoms with Gasteiger partial charge in [0.1, 0.15) is 6.04 Å². The van der Waals surface area contributed by atoms with E-state index in [1.165, 1.54) is 0 Å². The van der Waals surface area contributed by atoms with Gasteiger partial charge in [0.2, 0.25) is 17.7 Å². The molecule has 0 bridgehead atoms. The Kier molecular flexibility index (Phi) is 2.95. The van der Waals surface area contributed by atoms with Gasteiger partial charge in [0.25, 0.3) is 0 Å². The molecule has 0 aromatic heterocycles. The highest BCUT2D eigenvalue weighted by Gasteiger charge is 2.42. The quantitative estimate of drug-likeness (QED) is 0.664. The van der Waals surface area contributed by atoms with E-state index in [-0.39, 0.29) is 29.2 Å². The van der Waals surface area contributed by atoms with Crippen LogP contribution < -0.4 is 10.6 Å². The lowest BCUT2D eigenvalue weighted by molar-refractivity contribution is -0.136. The fourth-order valence-corrected chi connectivity index (χ4v) is 3.33. The lowest BCUT2D eigenvalue weighted by Crippen LogP contribution is -2.50. The summed E-state index contributed by atoms with van der Waals surface area (Å²) in [4.78, 5) is 36.6. The van der Waals surface area contributed by atoms with Crippen LogP contribution >= 0.6 is 0 Å². The largest absolute Gasteiger partial charge is 0.356 e. The van der Waals surface area contributed by atoms with Crippen LogP contribution in [0.4, 0.5) is 0 Å². The first-order valence-corrected chi connectivity index (χ1v) is 6.93. The van der Waals surface area contributed by atoms with Crippen molar-refractivity contribution in [3.63, 3.8) is 0 Å². The molecule has 6 heteroatoms. The Morgan fingerprint density at radius 1 is 1.21 bits per heavy atom. The zero-order valence-corrected chi connectivity index (χ0v) is 10.9. The number of amides is 3. The van der Waals surface area contributed by atoms with Crippen LogP contribution in [0.3, 0.4) is 0 Å². The molecule has 1 atom stereocenters. The Bertz CT molecular complexity index is 427. The number of rotatable bonds is 1. The topological polar surface area (TPSA) is 78.5 Å². The zero-order chi connectivity index (χ0) is 13.5. The van der Waals surface area contributed by atoms with Crippen molar-refractivity contribution in [2.24, 2.45) is 5.41 Å². The van der Waals surface area contributed by atoms with Gasteiger partial charge in [0, 0.05) is 32.5 Å². The minimum absolute atomic E-state index is 0.0302. The summed E-state index contributed by atoms with van der Waals surface area (Å²) < 4.78 is 0. The summed E-state index contributed by atoms with van der Waals surface area (Å²) in [5.74, 6) is 0.137. The Hall–Kier alpha value is -1.59. The van der Waals surface area contributed by atoms with Crippen molar-refractivity contribution in [3.05, 3.63) is 0 Å². The molecule has 0 aromatic carbocycles. The first-order valence-electron chi connectivity index (χ1n) is 6.93. The van der Waals surface area contributed by atoms with Gasteiger partial charge in [-0.2, -0.15) is 0 Å². The molecule has 0 unspecified atom stereocenters. The molecular weight excluding hydrogens is 246 g/mol. The van der Waals surface area contributed by atoms with Crippen LogP contribution in [0, 0.1) is 5.41 Å². The number of likely N-dealkylation sites (tertiary alicyclic amines) is 1. The lowest BCUT2D eigenvalue weighted by atomic mass is 9.77. The highest BCUT2D eigenvalue weighted by molar-refractivity contribution is 5.90. The first-order chi connectivity index (χ1) is 9.08. The SMILES string of the molecule is O=C1CC2(CCN(C(=O)[C@@H]3CCC(=O)N3)CC2)CN1. The van der Waals surface area contributed by atoms with E-state index in [1.807, 2.05) is 4.90 Å². The van der Waals surface area contributed by atoms with Gasteiger partial charge >= 0.3 is 0 Å². The number of nitrogens with one attached hydrogen (secondary N) is 2. The Morgan fingerprint density at radius 3 is 2.47 bits per heavy atom. The normalized spacial score (nSPS) is 29.5. The van der Waals surface area contributed by atoms with E-state index in [4.69, 9.17) is 0 Å². The van der Waals surface area contributed by atoms with Gasteiger partial charge in [0.15, 0.2) is 0 Å². The van der Waals surface area contributed by atoms with E-state index in [9.17, 15) is 14.4 Å². The number of hydrogen-bond acceptors (Lipinski definition) is 3. The van der Waals surface area contributed by atoms with Gasteiger partial charge in [-0.15, -0.1) is 0 Å². The van der Waals surface area contributed by atoms with Gasteiger partial charge in [-0.3, -0.25) is 14.4 Å². The Labute approximate surface area is 111 Å². The van der Waals surface area contributed by atoms with Gasteiger partial charge in [0.05, 0.1) is 0 Å². The molecule has 0 saturated carbocycles. The summed E-state index contributed by atoms with van der Waals surface area (Å²) in [6.45, 7) is 2.13. The van der Waals surface area contributed by atoms with E-state index in [1.54, 1.807) is 0 Å². The molecule has 104 valence electrons. The number of nitrogens with zero attached hydrogens (tertiary/aromatic N) is 1. The molecule has 19 heavy (non-hydrogen) atoms. The van der Waals surface area contributed by atoms with Crippen LogP contribution in [0.1, 0.15) is 32.1 Å². The third-order valence-electron chi connectivity index (χ3n) is 4.63. The highest BCUT2D eigenvalue weighted by atomic mass is 16.2. The van der Waals surface area contributed by atoms with E-state index in [0.717, 1.165) is 19.4 Å². The summed E-state index contributed by atoms with van der Waals surface area (Å²) in [7, 11) is 0. The Balaban J connectivity index is 1.56. The van der Waals surface area contributed by atoms with Gasteiger partial charge < -0.3 is 15.5 Å². The average molecular weight is 265 g/mol. The molecular formula is C13H19N3O3.